The summed E-state index contributed by atoms with van der Waals surface area (Å²) in [6.45, 7) is -0.107. The van der Waals surface area contributed by atoms with Gasteiger partial charge in [0, 0.05) is 31.2 Å². The number of pyridine rings is 1. The minimum absolute atomic E-state index is 0.0993. The molecule has 1 atom stereocenters. The first-order chi connectivity index (χ1) is 17.1. The second-order valence-corrected chi connectivity index (χ2v) is 10.9. The van der Waals surface area contributed by atoms with Gasteiger partial charge in [0.05, 0.1) is 25.0 Å². The molecule has 1 N–H and O–H groups in total. The molecule has 0 spiro atoms. The van der Waals surface area contributed by atoms with E-state index in [9.17, 15) is 18.0 Å². The maximum absolute atomic E-state index is 13.5. The van der Waals surface area contributed by atoms with Gasteiger partial charge in [-0.25, -0.2) is 8.42 Å². The Hall–Kier alpha value is -3.27. The van der Waals surface area contributed by atoms with Gasteiger partial charge >= 0.3 is 0 Å². The fraction of sp³-hybridized carbons (Fsp3) is 0.269. The Balaban J connectivity index is 1.94. The third-order valence-corrected chi connectivity index (χ3v) is 7.14. The van der Waals surface area contributed by atoms with Gasteiger partial charge in [-0.3, -0.25) is 14.6 Å². The van der Waals surface area contributed by atoms with E-state index in [-0.39, 0.29) is 25.4 Å². The highest BCUT2D eigenvalue weighted by atomic mass is 35.5. The molecule has 2 aromatic carbocycles. The standard InChI is InChI=1S/C26H29ClN4O4S/c1-30(36(2,34)35)19-25(32)31(18-21-11-13-22(27)14-12-21)24(16-20-8-4-3-5-9-20)26(33)29-17-23-10-6-7-15-28-23/h3-15,24H,16-19H2,1-2H3,(H,29,33)/t24-/m0/s1. The predicted molar refractivity (Wildman–Crippen MR) is 139 cm³/mol. The number of benzene rings is 2. The first-order valence-corrected chi connectivity index (χ1v) is 13.5. The van der Waals surface area contributed by atoms with Crippen LogP contribution >= 0.6 is 11.6 Å². The SMILES string of the molecule is CN(CC(=O)N(Cc1ccc(Cl)cc1)[C@@H](Cc1ccccc1)C(=O)NCc1ccccn1)S(C)(=O)=O. The normalized spacial score (nSPS) is 12.2. The van der Waals surface area contributed by atoms with E-state index in [2.05, 4.69) is 10.3 Å². The summed E-state index contributed by atoms with van der Waals surface area (Å²) in [5.41, 5.74) is 2.29. The molecule has 0 bridgehead atoms. The van der Waals surface area contributed by atoms with Crippen LogP contribution in [0.3, 0.4) is 0 Å². The first-order valence-electron chi connectivity index (χ1n) is 11.3. The molecule has 0 saturated carbocycles. The van der Waals surface area contributed by atoms with Gasteiger partial charge < -0.3 is 10.2 Å². The summed E-state index contributed by atoms with van der Waals surface area (Å²) >= 11 is 6.03. The molecule has 8 nitrogen and oxygen atoms in total. The Morgan fingerprint density at radius 2 is 1.64 bits per heavy atom. The molecule has 36 heavy (non-hydrogen) atoms. The number of halogens is 1. The molecular weight excluding hydrogens is 500 g/mol. The van der Waals surface area contributed by atoms with Gasteiger partial charge in [-0.15, -0.1) is 0 Å². The monoisotopic (exact) mass is 528 g/mol. The third kappa shape index (κ3) is 8.15. The smallest absolute Gasteiger partial charge is 0.243 e. The predicted octanol–water partition coefficient (Wildman–Crippen LogP) is 2.88. The Morgan fingerprint density at radius 3 is 2.25 bits per heavy atom. The third-order valence-electron chi connectivity index (χ3n) is 5.63. The van der Waals surface area contributed by atoms with E-state index < -0.39 is 28.5 Å². The van der Waals surface area contributed by atoms with Crippen LogP contribution in [0.4, 0.5) is 0 Å². The van der Waals surface area contributed by atoms with Crippen LogP contribution in [0, 0.1) is 0 Å². The highest BCUT2D eigenvalue weighted by molar-refractivity contribution is 7.88. The number of aromatic nitrogens is 1. The Labute approximate surface area is 217 Å². The van der Waals surface area contributed by atoms with Crippen LogP contribution in [0.25, 0.3) is 0 Å². The van der Waals surface area contributed by atoms with Crippen molar-refractivity contribution in [2.75, 3.05) is 19.8 Å². The average molecular weight is 529 g/mol. The lowest BCUT2D eigenvalue weighted by Crippen LogP contribution is -2.52. The molecule has 3 aromatic rings. The number of sulfonamides is 1. The zero-order valence-corrected chi connectivity index (χ0v) is 21.7. The second kappa shape index (κ2) is 12.6. The number of nitrogens with one attached hydrogen (secondary N) is 1. The lowest BCUT2D eigenvalue weighted by molar-refractivity contribution is -0.141. The number of nitrogens with zero attached hydrogens (tertiary/aromatic N) is 3. The molecule has 0 aliphatic carbocycles. The summed E-state index contributed by atoms with van der Waals surface area (Å²) < 4.78 is 25.0. The fourth-order valence-corrected chi connectivity index (χ4v) is 4.01. The van der Waals surface area contributed by atoms with Gasteiger partial charge in [0.2, 0.25) is 21.8 Å². The zero-order valence-electron chi connectivity index (χ0n) is 20.2. The summed E-state index contributed by atoms with van der Waals surface area (Å²) in [6.07, 6.45) is 2.92. The number of carbonyl (C=O) groups is 2. The quantitative estimate of drug-likeness (QED) is 0.412. The van der Waals surface area contributed by atoms with Crippen molar-refractivity contribution in [1.29, 1.82) is 0 Å². The molecule has 1 aromatic heterocycles. The van der Waals surface area contributed by atoms with E-state index in [0.717, 1.165) is 21.7 Å². The Kier molecular flexibility index (Phi) is 9.58. The van der Waals surface area contributed by atoms with E-state index in [1.54, 1.807) is 42.6 Å². The summed E-state index contributed by atoms with van der Waals surface area (Å²) in [7, 11) is -2.27. The number of hydrogen-bond donors (Lipinski definition) is 1. The lowest BCUT2D eigenvalue weighted by atomic mass is 10.0. The largest absolute Gasteiger partial charge is 0.349 e. The van der Waals surface area contributed by atoms with E-state index in [4.69, 9.17) is 11.6 Å². The van der Waals surface area contributed by atoms with Gasteiger partial charge in [-0.1, -0.05) is 60.1 Å². The Morgan fingerprint density at radius 1 is 0.972 bits per heavy atom. The van der Waals surface area contributed by atoms with Crippen molar-refractivity contribution in [2.45, 2.75) is 25.6 Å². The molecule has 0 unspecified atom stereocenters. The number of carbonyl (C=O) groups excluding carboxylic acids is 2. The van der Waals surface area contributed by atoms with Crippen LogP contribution in [-0.2, 0) is 39.1 Å². The van der Waals surface area contributed by atoms with Gasteiger partial charge in [0.1, 0.15) is 6.04 Å². The van der Waals surface area contributed by atoms with Crippen molar-refractivity contribution in [3.8, 4) is 0 Å². The van der Waals surface area contributed by atoms with Crippen molar-refractivity contribution in [2.24, 2.45) is 0 Å². The molecule has 0 aliphatic rings. The fourth-order valence-electron chi connectivity index (χ4n) is 3.54. The molecule has 2 amide bonds. The van der Waals surface area contributed by atoms with Crippen molar-refractivity contribution in [3.63, 3.8) is 0 Å². The van der Waals surface area contributed by atoms with Crippen molar-refractivity contribution in [1.82, 2.24) is 19.5 Å². The van der Waals surface area contributed by atoms with Gasteiger partial charge in [0.15, 0.2) is 0 Å². The van der Waals surface area contributed by atoms with Crippen LogP contribution in [0.15, 0.2) is 79.0 Å². The van der Waals surface area contributed by atoms with Crippen molar-refractivity contribution < 1.29 is 18.0 Å². The van der Waals surface area contributed by atoms with Crippen molar-refractivity contribution >= 4 is 33.4 Å². The van der Waals surface area contributed by atoms with Crippen LogP contribution in [0.5, 0.6) is 0 Å². The summed E-state index contributed by atoms with van der Waals surface area (Å²) in [4.78, 5) is 32.6. The lowest BCUT2D eigenvalue weighted by Gasteiger charge is -2.32. The molecular formula is C26H29ClN4O4S. The topological polar surface area (TPSA) is 99.7 Å². The van der Waals surface area contributed by atoms with Gasteiger partial charge in [0.25, 0.3) is 0 Å². The molecule has 0 radical (unpaired) electrons. The van der Waals surface area contributed by atoms with Gasteiger partial charge in [-0.05, 0) is 35.4 Å². The minimum atomic E-state index is -3.60. The molecule has 1 heterocycles. The highest BCUT2D eigenvalue weighted by Gasteiger charge is 2.31. The van der Waals surface area contributed by atoms with Crippen LogP contribution in [0.1, 0.15) is 16.8 Å². The molecule has 0 aliphatic heterocycles. The van der Waals surface area contributed by atoms with Crippen LogP contribution < -0.4 is 5.32 Å². The first kappa shape index (κ1) is 27.3. The van der Waals surface area contributed by atoms with Gasteiger partial charge in [-0.2, -0.15) is 4.31 Å². The molecule has 0 saturated heterocycles. The maximum Gasteiger partial charge on any atom is 0.243 e. The molecule has 0 fully saturated rings. The minimum Gasteiger partial charge on any atom is -0.349 e. The zero-order chi connectivity index (χ0) is 26.1. The number of hydrogen-bond acceptors (Lipinski definition) is 5. The summed E-state index contributed by atoms with van der Waals surface area (Å²) in [5.74, 6) is -0.861. The summed E-state index contributed by atoms with van der Waals surface area (Å²) in [6, 6.07) is 20.8. The number of likely N-dealkylation sites (N-methyl/N-ethyl adjacent to an activating group) is 1. The molecule has 10 heteroatoms. The molecule has 3 rings (SSSR count). The number of amides is 2. The summed E-state index contributed by atoms with van der Waals surface area (Å²) in [5, 5.41) is 3.43. The van der Waals surface area contributed by atoms with E-state index >= 15 is 0 Å². The van der Waals surface area contributed by atoms with Crippen LogP contribution in [-0.4, -0.2) is 60.3 Å². The number of rotatable bonds is 11. The second-order valence-electron chi connectivity index (χ2n) is 8.41. The van der Waals surface area contributed by atoms with Crippen LogP contribution in [0.2, 0.25) is 5.02 Å². The Bertz CT molecular complexity index is 1260. The van der Waals surface area contributed by atoms with E-state index in [1.807, 2.05) is 36.4 Å². The maximum atomic E-state index is 13.5. The van der Waals surface area contributed by atoms with E-state index in [0.29, 0.717) is 10.7 Å². The van der Waals surface area contributed by atoms with E-state index in [1.165, 1.54) is 11.9 Å². The highest BCUT2D eigenvalue weighted by Crippen LogP contribution is 2.17. The molecule has 190 valence electrons. The average Bonchev–Trinajstić information content (AvgIpc) is 2.86. The van der Waals surface area contributed by atoms with Crippen molar-refractivity contribution in [3.05, 3.63) is 101 Å².